The molecule has 0 bridgehead atoms. The summed E-state index contributed by atoms with van der Waals surface area (Å²) in [6.45, 7) is 3.31. The van der Waals surface area contributed by atoms with Crippen LogP contribution in [0.4, 0.5) is 4.79 Å². The molecule has 96 valence electrons. The highest BCUT2D eigenvalue weighted by Gasteiger charge is 2.27. The Morgan fingerprint density at radius 3 is 2.82 bits per heavy atom. The van der Waals surface area contributed by atoms with Gasteiger partial charge in [-0.05, 0) is 32.6 Å². The number of urea groups is 1. The average Bonchev–Trinajstić information content (AvgIpc) is 2.82. The van der Waals surface area contributed by atoms with Crippen LogP contribution in [-0.2, 0) is 0 Å². The number of likely N-dealkylation sites (tertiary alicyclic amines) is 1. The van der Waals surface area contributed by atoms with Gasteiger partial charge in [-0.15, -0.1) is 0 Å². The lowest BCUT2D eigenvalue weighted by Gasteiger charge is -2.34. The van der Waals surface area contributed by atoms with Crippen LogP contribution in [0, 0.1) is 5.92 Å². The SMILES string of the molecule is CC(O)C1CCCN(C(=O)NC2CC=CC2)C1. The molecule has 2 N–H and O–H groups in total. The lowest BCUT2D eigenvalue weighted by molar-refractivity contribution is 0.0734. The Morgan fingerprint density at radius 2 is 2.18 bits per heavy atom. The van der Waals surface area contributed by atoms with E-state index in [1.165, 1.54) is 0 Å². The van der Waals surface area contributed by atoms with Gasteiger partial charge in [0, 0.05) is 25.0 Å². The van der Waals surface area contributed by atoms with Crippen molar-refractivity contribution in [1.29, 1.82) is 0 Å². The van der Waals surface area contributed by atoms with Gasteiger partial charge in [0.05, 0.1) is 6.10 Å². The zero-order valence-electron chi connectivity index (χ0n) is 10.4. The van der Waals surface area contributed by atoms with E-state index >= 15 is 0 Å². The highest BCUT2D eigenvalue weighted by molar-refractivity contribution is 5.74. The van der Waals surface area contributed by atoms with Gasteiger partial charge in [0.15, 0.2) is 0 Å². The summed E-state index contributed by atoms with van der Waals surface area (Å²) in [6, 6.07) is 0.304. The standard InChI is InChI=1S/C13H22N2O2/c1-10(16)11-5-4-8-15(9-11)13(17)14-12-6-2-3-7-12/h2-3,10-12,16H,4-9H2,1H3,(H,14,17). The van der Waals surface area contributed by atoms with E-state index in [0.717, 1.165) is 32.2 Å². The molecule has 2 atom stereocenters. The quantitative estimate of drug-likeness (QED) is 0.716. The molecule has 4 nitrogen and oxygen atoms in total. The van der Waals surface area contributed by atoms with Gasteiger partial charge >= 0.3 is 6.03 Å². The van der Waals surface area contributed by atoms with E-state index in [2.05, 4.69) is 17.5 Å². The van der Waals surface area contributed by atoms with Crippen LogP contribution in [0.15, 0.2) is 12.2 Å². The normalized spacial score (nSPS) is 27.2. The van der Waals surface area contributed by atoms with Crippen LogP contribution >= 0.6 is 0 Å². The van der Waals surface area contributed by atoms with Gasteiger partial charge in [-0.1, -0.05) is 12.2 Å². The summed E-state index contributed by atoms with van der Waals surface area (Å²) in [4.78, 5) is 13.9. The minimum Gasteiger partial charge on any atom is -0.393 e. The molecular formula is C13H22N2O2. The monoisotopic (exact) mass is 238 g/mol. The molecular weight excluding hydrogens is 216 g/mol. The molecule has 1 fully saturated rings. The van der Waals surface area contributed by atoms with Gasteiger partial charge in [0.25, 0.3) is 0 Å². The summed E-state index contributed by atoms with van der Waals surface area (Å²) in [6.07, 6.45) is 7.80. The molecule has 4 heteroatoms. The number of hydrogen-bond donors (Lipinski definition) is 2. The lowest BCUT2D eigenvalue weighted by Crippen LogP contribution is -2.49. The Morgan fingerprint density at radius 1 is 1.47 bits per heavy atom. The van der Waals surface area contributed by atoms with Crippen molar-refractivity contribution in [3.8, 4) is 0 Å². The van der Waals surface area contributed by atoms with Crippen molar-refractivity contribution in [3.05, 3.63) is 12.2 Å². The van der Waals surface area contributed by atoms with E-state index in [1.807, 2.05) is 11.8 Å². The Balaban J connectivity index is 1.82. The van der Waals surface area contributed by atoms with Crippen molar-refractivity contribution in [2.24, 2.45) is 5.92 Å². The third kappa shape index (κ3) is 3.22. The molecule has 1 aliphatic carbocycles. The van der Waals surface area contributed by atoms with E-state index in [1.54, 1.807) is 0 Å². The molecule has 2 unspecified atom stereocenters. The highest BCUT2D eigenvalue weighted by Crippen LogP contribution is 2.20. The van der Waals surface area contributed by atoms with Gasteiger partial charge in [0.1, 0.15) is 0 Å². The number of aliphatic hydroxyl groups is 1. The minimum atomic E-state index is -0.321. The van der Waals surface area contributed by atoms with Crippen LogP contribution < -0.4 is 5.32 Å². The summed E-state index contributed by atoms with van der Waals surface area (Å²) in [5.74, 6) is 0.233. The van der Waals surface area contributed by atoms with E-state index in [4.69, 9.17) is 0 Å². The number of rotatable bonds is 2. The molecule has 0 aromatic heterocycles. The first-order valence-corrected chi connectivity index (χ1v) is 6.55. The molecule has 0 aromatic rings. The Bertz CT molecular complexity index is 294. The second-order valence-corrected chi connectivity index (χ2v) is 5.18. The number of carbonyl (C=O) groups is 1. The van der Waals surface area contributed by atoms with Crippen molar-refractivity contribution in [3.63, 3.8) is 0 Å². The Kier molecular flexibility index (Phi) is 4.05. The van der Waals surface area contributed by atoms with Crippen LogP contribution in [0.1, 0.15) is 32.6 Å². The zero-order chi connectivity index (χ0) is 12.3. The first-order chi connectivity index (χ1) is 8.16. The first kappa shape index (κ1) is 12.4. The lowest BCUT2D eigenvalue weighted by atomic mass is 9.94. The molecule has 0 saturated carbocycles. The molecule has 1 heterocycles. The third-order valence-electron chi connectivity index (χ3n) is 3.76. The van der Waals surface area contributed by atoms with Crippen LogP contribution in [0.25, 0.3) is 0 Å². The Hall–Kier alpha value is -1.03. The van der Waals surface area contributed by atoms with Gasteiger partial charge in [-0.2, -0.15) is 0 Å². The fourth-order valence-corrected chi connectivity index (χ4v) is 2.59. The van der Waals surface area contributed by atoms with E-state index in [0.29, 0.717) is 6.54 Å². The van der Waals surface area contributed by atoms with Crippen molar-refractivity contribution >= 4 is 6.03 Å². The molecule has 2 amide bonds. The number of nitrogens with zero attached hydrogens (tertiary/aromatic N) is 1. The smallest absolute Gasteiger partial charge is 0.317 e. The summed E-state index contributed by atoms with van der Waals surface area (Å²) in [5, 5.41) is 12.6. The molecule has 1 saturated heterocycles. The second kappa shape index (κ2) is 5.54. The summed E-state index contributed by atoms with van der Waals surface area (Å²) < 4.78 is 0. The van der Waals surface area contributed by atoms with E-state index < -0.39 is 0 Å². The molecule has 0 aromatic carbocycles. The molecule has 0 spiro atoms. The van der Waals surface area contributed by atoms with Crippen LogP contribution in [0.2, 0.25) is 0 Å². The number of aliphatic hydroxyl groups excluding tert-OH is 1. The fourth-order valence-electron chi connectivity index (χ4n) is 2.59. The number of piperidine rings is 1. The second-order valence-electron chi connectivity index (χ2n) is 5.18. The third-order valence-corrected chi connectivity index (χ3v) is 3.76. The molecule has 1 aliphatic heterocycles. The minimum absolute atomic E-state index is 0.0315. The van der Waals surface area contributed by atoms with Gasteiger partial charge in [-0.3, -0.25) is 0 Å². The predicted molar refractivity (Wildman–Crippen MR) is 66.7 cm³/mol. The van der Waals surface area contributed by atoms with Crippen molar-refractivity contribution in [2.45, 2.75) is 44.8 Å². The van der Waals surface area contributed by atoms with E-state index in [-0.39, 0.29) is 24.1 Å². The zero-order valence-corrected chi connectivity index (χ0v) is 10.4. The number of nitrogens with one attached hydrogen (secondary N) is 1. The number of carbonyl (C=O) groups excluding carboxylic acids is 1. The maximum absolute atomic E-state index is 12.0. The molecule has 17 heavy (non-hydrogen) atoms. The highest BCUT2D eigenvalue weighted by atomic mass is 16.3. The number of hydrogen-bond acceptors (Lipinski definition) is 2. The maximum Gasteiger partial charge on any atom is 0.317 e. The average molecular weight is 238 g/mol. The summed E-state index contributed by atoms with van der Waals surface area (Å²) >= 11 is 0. The van der Waals surface area contributed by atoms with E-state index in [9.17, 15) is 9.90 Å². The van der Waals surface area contributed by atoms with Gasteiger partial charge < -0.3 is 15.3 Å². The maximum atomic E-state index is 12.0. The Labute approximate surface area is 103 Å². The molecule has 2 aliphatic rings. The number of amides is 2. The van der Waals surface area contributed by atoms with Crippen molar-refractivity contribution < 1.29 is 9.90 Å². The summed E-state index contributed by atoms with van der Waals surface area (Å²) in [5.41, 5.74) is 0. The van der Waals surface area contributed by atoms with Gasteiger partial charge in [0.2, 0.25) is 0 Å². The van der Waals surface area contributed by atoms with Crippen molar-refractivity contribution in [1.82, 2.24) is 10.2 Å². The van der Waals surface area contributed by atoms with Crippen LogP contribution in [-0.4, -0.2) is 41.3 Å². The summed E-state index contributed by atoms with van der Waals surface area (Å²) in [7, 11) is 0. The topological polar surface area (TPSA) is 52.6 Å². The molecule has 0 radical (unpaired) electrons. The first-order valence-electron chi connectivity index (χ1n) is 6.55. The van der Waals surface area contributed by atoms with Gasteiger partial charge in [-0.25, -0.2) is 4.79 Å². The van der Waals surface area contributed by atoms with Crippen LogP contribution in [0.3, 0.4) is 0 Å². The largest absolute Gasteiger partial charge is 0.393 e. The molecule has 2 rings (SSSR count). The van der Waals surface area contributed by atoms with Crippen molar-refractivity contribution in [2.75, 3.05) is 13.1 Å². The fraction of sp³-hybridized carbons (Fsp3) is 0.769. The predicted octanol–water partition coefficient (Wildman–Crippen LogP) is 1.51. The van der Waals surface area contributed by atoms with Crippen LogP contribution in [0.5, 0.6) is 0 Å².